The van der Waals surface area contributed by atoms with E-state index in [1.165, 1.54) is 0 Å². The smallest absolute Gasteiger partial charge is 0.255 e. The lowest BCUT2D eigenvalue weighted by molar-refractivity contribution is 0.0746. The fourth-order valence-corrected chi connectivity index (χ4v) is 2.24. The van der Waals surface area contributed by atoms with Crippen molar-refractivity contribution >= 4 is 11.9 Å². The van der Waals surface area contributed by atoms with Crippen molar-refractivity contribution in [3.63, 3.8) is 0 Å². The molecule has 1 fully saturated rings. The first-order chi connectivity index (χ1) is 9.84. The predicted molar refractivity (Wildman–Crippen MR) is 74.4 cm³/mol. The molecular weight excluding hydrogens is 254 g/mol. The van der Waals surface area contributed by atoms with Gasteiger partial charge in [-0.1, -0.05) is 0 Å². The lowest BCUT2D eigenvalue weighted by Crippen LogP contribution is -2.49. The van der Waals surface area contributed by atoms with Gasteiger partial charge in [0, 0.05) is 51.0 Å². The van der Waals surface area contributed by atoms with E-state index >= 15 is 0 Å². The third kappa shape index (κ3) is 2.59. The van der Waals surface area contributed by atoms with Crippen LogP contribution in [0.5, 0.6) is 0 Å². The van der Waals surface area contributed by atoms with Crippen LogP contribution >= 0.6 is 0 Å². The van der Waals surface area contributed by atoms with E-state index in [1.807, 2.05) is 4.90 Å². The molecule has 0 N–H and O–H groups in total. The summed E-state index contributed by atoms with van der Waals surface area (Å²) in [6.07, 6.45) is 6.74. The fraction of sp³-hybridized carbons (Fsp3) is 0.286. The highest BCUT2D eigenvalue weighted by molar-refractivity contribution is 5.94. The normalized spacial score (nSPS) is 15.2. The molecule has 3 heterocycles. The van der Waals surface area contributed by atoms with E-state index < -0.39 is 0 Å². The highest BCUT2D eigenvalue weighted by Gasteiger charge is 2.23. The van der Waals surface area contributed by atoms with Crippen molar-refractivity contribution in [2.45, 2.75) is 0 Å². The van der Waals surface area contributed by atoms with Gasteiger partial charge in [0.25, 0.3) is 5.91 Å². The molecule has 0 saturated carbocycles. The molecule has 0 aromatic carbocycles. The molecule has 0 unspecified atom stereocenters. The van der Waals surface area contributed by atoms with E-state index in [4.69, 9.17) is 0 Å². The van der Waals surface area contributed by atoms with E-state index in [1.54, 1.807) is 43.0 Å². The Labute approximate surface area is 117 Å². The van der Waals surface area contributed by atoms with Crippen molar-refractivity contribution < 1.29 is 4.79 Å². The van der Waals surface area contributed by atoms with Crippen LogP contribution in [-0.2, 0) is 0 Å². The maximum atomic E-state index is 12.3. The van der Waals surface area contributed by atoms with E-state index in [9.17, 15) is 4.79 Å². The number of anilines is 1. The van der Waals surface area contributed by atoms with E-state index in [0.717, 1.165) is 19.0 Å². The number of nitrogens with zero attached hydrogens (tertiary/aromatic N) is 5. The third-order valence-corrected chi connectivity index (χ3v) is 3.31. The Kier molecular flexibility index (Phi) is 3.54. The number of rotatable bonds is 2. The molecule has 6 heteroatoms. The summed E-state index contributed by atoms with van der Waals surface area (Å²) in [7, 11) is 0. The number of hydrogen-bond donors (Lipinski definition) is 0. The number of hydrogen-bond acceptors (Lipinski definition) is 5. The van der Waals surface area contributed by atoms with Crippen molar-refractivity contribution in [1.29, 1.82) is 0 Å². The summed E-state index contributed by atoms with van der Waals surface area (Å²) in [5.74, 6) is 0.757. The first kappa shape index (κ1) is 12.5. The quantitative estimate of drug-likeness (QED) is 0.808. The average Bonchev–Trinajstić information content (AvgIpc) is 2.56. The van der Waals surface area contributed by atoms with E-state index in [-0.39, 0.29) is 5.91 Å². The van der Waals surface area contributed by atoms with Gasteiger partial charge in [0.15, 0.2) is 0 Å². The first-order valence-corrected chi connectivity index (χ1v) is 6.56. The minimum atomic E-state index is 0.0340. The van der Waals surface area contributed by atoms with Crippen molar-refractivity contribution in [1.82, 2.24) is 19.9 Å². The molecule has 0 bridgehead atoms. The van der Waals surface area contributed by atoms with Gasteiger partial charge in [-0.25, -0.2) is 9.97 Å². The van der Waals surface area contributed by atoms with Crippen LogP contribution < -0.4 is 4.90 Å². The van der Waals surface area contributed by atoms with Crippen LogP contribution in [0.1, 0.15) is 10.4 Å². The fourth-order valence-electron chi connectivity index (χ4n) is 2.24. The topological polar surface area (TPSA) is 62.2 Å². The predicted octanol–water partition coefficient (Wildman–Crippen LogP) is 0.834. The van der Waals surface area contributed by atoms with Crippen LogP contribution in [0.3, 0.4) is 0 Å². The Morgan fingerprint density at radius 1 is 1.00 bits per heavy atom. The molecule has 2 aromatic rings. The van der Waals surface area contributed by atoms with Gasteiger partial charge in [0.05, 0.1) is 5.56 Å². The lowest BCUT2D eigenvalue weighted by atomic mass is 10.2. The number of pyridine rings is 1. The summed E-state index contributed by atoms with van der Waals surface area (Å²) < 4.78 is 0. The zero-order valence-corrected chi connectivity index (χ0v) is 11.0. The summed E-state index contributed by atoms with van der Waals surface area (Å²) >= 11 is 0. The largest absolute Gasteiger partial charge is 0.337 e. The lowest BCUT2D eigenvalue weighted by Gasteiger charge is -2.34. The summed E-state index contributed by atoms with van der Waals surface area (Å²) in [6, 6.07) is 5.37. The molecule has 102 valence electrons. The summed E-state index contributed by atoms with van der Waals surface area (Å²) in [5.41, 5.74) is 0.636. The molecule has 0 radical (unpaired) electrons. The molecule has 20 heavy (non-hydrogen) atoms. The summed E-state index contributed by atoms with van der Waals surface area (Å²) in [6.45, 7) is 2.84. The van der Waals surface area contributed by atoms with Crippen LogP contribution in [0.15, 0.2) is 43.0 Å². The molecular formula is C14H15N5O. The zero-order chi connectivity index (χ0) is 13.8. The SMILES string of the molecule is O=C(c1cccnc1)N1CCN(c2ncccn2)CC1. The molecule has 3 rings (SSSR count). The number of piperazine rings is 1. The maximum Gasteiger partial charge on any atom is 0.255 e. The molecule has 1 saturated heterocycles. The average molecular weight is 269 g/mol. The second-order valence-corrected chi connectivity index (χ2v) is 4.57. The standard InChI is InChI=1S/C14H15N5O/c20-13(12-3-1-4-15-11-12)18-7-9-19(10-8-18)14-16-5-2-6-17-14/h1-6,11H,7-10H2. The molecule has 0 atom stereocenters. The highest BCUT2D eigenvalue weighted by Crippen LogP contribution is 2.12. The number of carbonyl (C=O) groups excluding carboxylic acids is 1. The van der Waals surface area contributed by atoms with Gasteiger partial charge in [0.2, 0.25) is 5.95 Å². The van der Waals surface area contributed by atoms with Gasteiger partial charge in [-0.2, -0.15) is 0 Å². The van der Waals surface area contributed by atoms with Gasteiger partial charge >= 0.3 is 0 Å². The van der Waals surface area contributed by atoms with Gasteiger partial charge in [0.1, 0.15) is 0 Å². The van der Waals surface area contributed by atoms with Crippen LogP contribution in [0.4, 0.5) is 5.95 Å². The highest BCUT2D eigenvalue weighted by atomic mass is 16.2. The molecule has 1 aliphatic heterocycles. The minimum absolute atomic E-state index is 0.0340. The summed E-state index contributed by atoms with van der Waals surface area (Å²) in [5, 5.41) is 0. The molecule has 1 amide bonds. The first-order valence-electron chi connectivity index (χ1n) is 6.56. The number of aromatic nitrogens is 3. The van der Waals surface area contributed by atoms with Gasteiger partial charge < -0.3 is 9.80 Å². The Morgan fingerprint density at radius 2 is 1.75 bits per heavy atom. The Morgan fingerprint density at radius 3 is 2.40 bits per heavy atom. The molecule has 1 aliphatic rings. The molecule has 0 aliphatic carbocycles. The monoisotopic (exact) mass is 269 g/mol. The Hall–Kier alpha value is -2.50. The van der Waals surface area contributed by atoms with Crippen molar-refractivity contribution in [3.05, 3.63) is 48.5 Å². The molecule has 0 spiro atoms. The zero-order valence-electron chi connectivity index (χ0n) is 11.0. The molecule has 6 nitrogen and oxygen atoms in total. The van der Waals surface area contributed by atoms with Crippen molar-refractivity contribution in [2.75, 3.05) is 31.1 Å². The van der Waals surface area contributed by atoms with Crippen molar-refractivity contribution in [3.8, 4) is 0 Å². The van der Waals surface area contributed by atoms with Crippen LogP contribution in [-0.4, -0.2) is 51.9 Å². The van der Waals surface area contributed by atoms with Crippen LogP contribution in [0.2, 0.25) is 0 Å². The Bertz CT molecular complexity index is 567. The van der Waals surface area contributed by atoms with E-state index in [0.29, 0.717) is 18.7 Å². The summed E-state index contributed by atoms with van der Waals surface area (Å²) in [4.78, 5) is 28.7. The van der Waals surface area contributed by atoms with Crippen molar-refractivity contribution in [2.24, 2.45) is 0 Å². The second kappa shape index (κ2) is 5.64. The third-order valence-electron chi connectivity index (χ3n) is 3.31. The molecule has 2 aromatic heterocycles. The van der Waals surface area contributed by atoms with Gasteiger partial charge in [-0.05, 0) is 18.2 Å². The van der Waals surface area contributed by atoms with E-state index in [2.05, 4.69) is 19.9 Å². The van der Waals surface area contributed by atoms with Gasteiger partial charge in [-0.3, -0.25) is 9.78 Å². The van der Waals surface area contributed by atoms with Crippen LogP contribution in [0.25, 0.3) is 0 Å². The maximum absolute atomic E-state index is 12.3. The second-order valence-electron chi connectivity index (χ2n) is 4.57. The Balaban J connectivity index is 1.63. The minimum Gasteiger partial charge on any atom is -0.337 e. The van der Waals surface area contributed by atoms with Crippen LogP contribution in [0, 0.1) is 0 Å². The number of amides is 1. The number of carbonyl (C=O) groups is 1. The van der Waals surface area contributed by atoms with Gasteiger partial charge in [-0.15, -0.1) is 0 Å².